The summed E-state index contributed by atoms with van der Waals surface area (Å²) in [5, 5.41) is 25.9. The monoisotopic (exact) mass is 338 g/mol. The molecule has 0 saturated heterocycles. The first-order valence-electron chi connectivity index (χ1n) is 7.37. The highest BCUT2D eigenvalue weighted by Crippen LogP contribution is 2.20. The Morgan fingerprint density at radius 3 is 2.50 bits per heavy atom. The maximum Gasteiger partial charge on any atom is 0.291 e. The lowest BCUT2D eigenvalue weighted by Crippen LogP contribution is -2.10. The normalized spacial score (nSPS) is 11.2. The van der Waals surface area contributed by atoms with Crippen molar-refractivity contribution in [3.63, 3.8) is 0 Å². The number of aromatic nitrogens is 8. The van der Waals surface area contributed by atoms with Crippen LogP contribution in [0.3, 0.4) is 0 Å². The van der Waals surface area contributed by atoms with Crippen molar-refractivity contribution < 1.29 is 0 Å². The summed E-state index contributed by atoms with van der Waals surface area (Å²) in [5.74, 6) is 1.55. The Morgan fingerprint density at radius 1 is 0.958 bits per heavy atom. The van der Waals surface area contributed by atoms with Gasteiger partial charge in [0, 0.05) is 11.4 Å². The van der Waals surface area contributed by atoms with E-state index in [1.807, 2.05) is 38.1 Å². The molecule has 0 aliphatic carbocycles. The number of benzene rings is 1. The van der Waals surface area contributed by atoms with Crippen LogP contribution in [0.15, 0.2) is 41.6 Å². The van der Waals surface area contributed by atoms with Crippen LogP contribution in [0, 0.1) is 13.8 Å². The Hall–Kier alpha value is -2.81. The van der Waals surface area contributed by atoms with Crippen LogP contribution in [0.25, 0.3) is 11.7 Å². The highest BCUT2D eigenvalue weighted by Gasteiger charge is 2.13. The summed E-state index contributed by atoms with van der Waals surface area (Å²) in [6.45, 7) is 3.88. The van der Waals surface area contributed by atoms with E-state index >= 15 is 0 Å². The van der Waals surface area contributed by atoms with Crippen molar-refractivity contribution in [1.82, 2.24) is 39.8 Å². The van der Waals surface area contributed by atoms with Crippen LogP contribution in [0.2, 0.25) is 0 Å². The van der Waals surface area contributed by atoms with Gasteiger partial charge in [-0.15, -0.1) is 25.5 Å². The van der Waals surface area contributed by atoms with Gasteiger partial charge in [0.2, 0.25) is 5.16 Å². The summed E-state index contributed by atoms with van der Waals surface area (Å²) >= 11 is 1.55. The van der Waals surface area contributed by atoms with Crippen molar-refractivity contribution in [3.05, 3.63) is 53.3 Å². The number of rotatable bonds is 4. The van der Waals surface area contributed by atoms with E-state index in [9.17, 15) is 0 Å². The molecule has 3 heterocycles. The van der Waals surface area contributed by atoms with Crippen molar-refractivity contribution in [1.29, 1.82) is 0 Å². The summed E-state index contributed by atoms with van der Waals surface area (Å²) in [5.41, 5.74) is 3.05. The minimum absolute atomic E-state index is 0.371. The van der Waals surface area contributed by atoms with Gasteiger partial charge in [-0.25, -0.2) is 4.68 Å². The van der Waals surface area contributed by atoms with Crippen LogP contribution in [-0.4, -0.2) is 39.8 Å². The van der Waals surface area contributed by atoms with Gasteiger partial charge in [-0.1, -0.05) is 42.1 Å². The van der Waals surface area contributed by atoms with Crippen LogP contribution in [-0.2, 0) is 5.75 Å². The zero-order chi connectivity index (χ0) is 16.5. The summed E-state index contributed by atoms with van der Waals surface area (Å²) < 4.78 is 3.26. The van der Waals surface area contributed by atoms with Crippen LogP contribution in [0.5, 0.6) is 0 Å². The van der Waals surface area contributed by atoms with Gasteiger partial charge < -0.3 is 0 Å². The van der Waals surface area contributed by atoms with Crippen molar-refractivity contribution in [2.45, 2.75) is 24.8 Å². The molecule has 1 aromatic carbocycles. The highest BCUT2D eigenvalue weighted by atomic mass is 32.2. The molecule has 0 bridgehead atoms. The molecule has 0 atom stereocenters. The van der Waals surface area contributed by atoms with E-state index < -0.39 is 0 Å². The second-order valence-electron chi connectivity index (χ2n) is 5.31. The molecule has 24 heavy (non-hydrogen) atoms. The molecule has 0 spiro atoms. The van der Waals surface area contributed by atoms with Gasteiger partial charge >= 0.3 is 0 Å². The number of aryl methyl sites for hydroxylation is 2. The van der Waals surface area contributed by atoms with Gasteiger partial charge in [0.1, 0.15) is 0 Å². The second kappa shape index (κ2) is 6.00. The van der Waals surface area contributed by atoms with Crippen LogP contribution in [0.4, 0.5) is 0 Å². The lowest BCUT2D eigenvalue weighted by atomic mass is 10.2. The molecular weight excluding hydrogens is 324 g/mol. The Labute approximate surface area is 141 Å². The molecule has 3 aromatic heterocycles. The fourth-order valence-corrected chi connectivity index (χ4v) is 3.17. The lowest BCUT2D eigenvalue weighted by Gasteiger charge is -2.03. The standard InChI is InChI=1S/C15H14N8S/c1-10-8-11(2)22(20-10)14-18-16-13-17-19-15(23(13)21-14)24-9-12-6-4-3-5-7-12/h3-8H,9H2,1-2H3. The van der Waals surface area contributed by atoms with E-state index in [1.54, 1.807) is 21.0 Å². The fraction of sp³-hybridized carbons (Fsp3) is 0.200. The molecule has 4 rings (SSSR count). The zero-order valence-corrected chi connectivity index (χ0v) is 14.0. The smallest absolute Gasteiger partial charge is 0.200 e. The Bertz CT molecular complexity index is 991. The Morgan fingerprint density at radius 2 is 1.75 bits per heavy atom. The molecule has 0 N–H and O–H groups in total. The highest BCUT2D eigenvalue weighted by molar-refractivity contribution is 7.98. The summed E-state index contributed by atoms with van der Waals surface area (Å²) in [4.78, 5) is 0. The SMILES string of the molecule is Cc1cc(C)n(-c2nnc3nnc(SCc4ccccc4)n3n2)n1. The summed E-state index contributed by atoms with van der Waals surface area (Å²) in [7, 11) is 0. The van der Waals surface area contributed by atoms with Crippen LogP contribution < -0.4 is 0 Å². The second-order valence-corrected chi connectivity index (χ2v) is 6.25. The minimum Gasteiger partial charge on any atom is -0.200 e. The molecule has 0 unspecified atom stereocenters. The molecule has 0 fully saturated rings. The third-order valence-corrected chi connectivity index (χ3v) is 4.41. The number of thioether (sulfide) groups is 1. The van der Waals surface area contributed by atoms with E-state index in [1.165, 1.54) is 5.56 Å². The van der Waals surface area contributed by atoms with Crippen LogP contribution in [0.1, 0.15) is 17.0 Å². The fourth-order valence-electron chi connectivity index (χ4n) is 2.33. The molecule has 0 aliphatic heterocycles. The van der Waals surface area contributed by atoms with E-state index in [2.05, 4.69) is 42.7 Å². The van der Waals surface area contributed by atoms with Crippen molar-refractivity contribution >= 4 is 17.5 Å². The molecule has 0 saturated carbocycles. The van der Waals surface area contributed by atoms with E-state index in [4.69, 9.17) is 0 Å². The van der Waals surface area contributed by atoms with Crippen molar-refractivity contribution in [3.8, 4) is 5.95 Å². The molecule has 4 aromatic rings. The topological polar surface area (TPSA) is 86.7 Å². The van der Waals surface area contributed by atoms with Gasteiger partial charge in [0.15, 0.2) is 0 Å². The molecule has 0 amide bonds. The molecule has 120 valence electrons. The molecule has 0 radical (unpaired) electrons. The quantitative estimate of drug-likeness (QED) is 0.526. The first-order valence-corrected chi connectivity index (χ1v) is 8.36. The van der Waals surface area contributed by atoms with Crippen molar-refractivity contribution in [2.75, 3.05) is 0 Å². The predicted octanol–water partition coefficient (Wildman–Crippen LogP) is 2.01. The van der Waals surface area contributed by atoms with Crippen LogP contribution >= 0.6 is 11.8 Å². The number of nitrogens with zero attached hydrogens (tertiary/aromatic N) is 8. The zero-order valence-electron chi connectivity index (χ0n) is 13.2. The molecular formula is C15H14N8S. The van der Waals surface area contributed by atoms with E-state index in [-0.39, 0.29) is 0 Å². The Kier molecular flexibility index (Phi) is 3.69. The van der Waals surface area contributed by atoms with E-state index in [0.717, 1.165) is 17.1 Å². The first-order chi connectivity index (χ1) is 11.7. The largest absolute Gasteiger partial charge is 0.291 e. The molecule has 9 heteroatoms. The van der Waals surface area contributed by atoms with Gasteiger partial charge in [-0.05, 0) is 25.5 Å². The van der Waals surface area contributed by atoms with Gasteiger partial charge in [-0.3, -0.25) is 0 Å². The lowest BCUT2D eigenvalue weighted by molar-refractivity contribution is 0.676. The van der Waals surface area contributed by atoms with Gasteiger partial charge in [-0.2, -0.15) is 9.61 Å². The number of fused-ring (bicyclic) bond motifs is 1. The minimum atomic E-state index is 0.371. The molecule has 8 nitrogen and oxygen atoms in total. The summed E-state index contributed by atoms with van der Waals surface area (Å²) in [6, 6.07) is 12.1. The average molecular weight is 338 g/mol. The van der Waals surface area contributed by atoms with Crippen molar-refractivity contribution in [2.24, 2.45) is 0 Å². The summed E-state index contributed by atoms with van der Waals surface area (Å²) in [6.07, 6.45) is 0. The van der Waals surface area contributed by atoms with E-state index in [0.29, 0.717) is 16.9 Å². The maximum absolute atomic E-state index is 4.49. The third kappa shape index (κ3) is 2.73. The van der Waals surface area contributed by atoms with Gasteiger partial charge in [0.05, 0.1) is 5.69 Å². The van der Waals surface area contributed by atoms with Gasteiger partial charge in [0.25, 0.3) is 11.7 Å². The molecule has 0 aliphatic rings. The number of hydrogen-bond acceptors (Lipinski definition) is 7. The number of hydrogen-bond donors (Lipinski definition) is 0. The predicted molar refractivity (Wildman–Crippen MR) is 89.0 cm³/mol. The average Bonchev–Trinajstić information content (AvgIpc) is 3.16. The first kappa shape index (κ1) is 14.8. The maximum atomic E-state index is 4.49. The third-order valence-electron chi connectivity index (χ3n) is 3.42. The Balaban J connectivity index is 1.67.